The Morgan fingerprint density at radius 1 is 1.08 bits per heavy atom. The highest BCUT2D eigenvalue weighted by molar-refractivity contribution is 6.02. The molecule has 2 aliphatic carbocycles. The second-order valence-corrected chi connectivity index (χ2v) is 7.61. The molecule has 4 rings (SSSR count). The van der Waals surface area contributed by atoms with Crippen molar-refractivity contribution < 1.29 is 14.0 Å². The summed E-state index contributed by atoms with van der Waals surface area (Å²) in [5.74, 6) is 2.17. The summed E-state index contributed by atoms with van der Waals surface area (Å²) in [7, 11) is 0. The molecule has 0 radical (unpaired) electrons. The fraction of sp³-hybridized carbons (Fsp3) is 0.429. The standard InChI is InChI=1S/C21H24N2O3/c1-13(18-12-14-4-5-16(18)11-14)22-20(24)15-6-8-17(9-7-15)23-21(25)19-3-2-10-26-19/h2-3,6-10,13-14,16,18H,4-5,11-12H2,1H3,(H,22,24)(H,23,25)/t13-,14-,16-,18+/m0/s1. The third-order valence-electron chi connectivity index (χ3n) is 5.94. The van der Waals surface area contributed by atoms with Gasteiger partial charge in [-0.05, 0) is 80.3 Å². The van der Waals surface area contributed by atoms with E-state index in [0.29, 0.717) is 17.2 Å². The van der Waals surface area contributed by atoms with Crippen LogP contribution in [0.1, 0.15) is 53.5 Å². The van der Waals surface area contributed by atoms with Crippen LogP contribution in [0.25, 0.3) is 0 Å². The molecule has 2 amide bonds. The van der Waals surface area contributed by atoms with Gasteiger partial charge < -0.3 is 15.1 Å². The number of carbonyl (C=O) groups is 2. The molecule has 0 unspecified atom stereocenters. The molecule has 2 N–H and O–H groups in total. The molecular formula is C21H24N2O3. The molecular weight excluding hydrogens is 328 g/mol. The molecule has 2 aliphatic rings. The summed E-state index contributed by atoms with van der Waals surface area (Å²) in [5, 5.41) is 5.91. The van der Waals surface area contributed by atoms with Crippen LogP contribution in [-0.2, 0) is 0 Å². The lowest BCUT2D eigenvalue weighted by Crippen LogP contribution is -2.40. The van der Waals surface area contributed by atoms with Crippen LogP contribution in [0.4, 0.5) is 5.69 Å². The zero-order chi connectivity index (χ0) is 18.1. The molecule has 1 aromatic carbocycles. The Balaban J connectivity index is 1.34. The molecule has 2 bridgehead atoms. The van der Waals surface area contributed by atoms with E-state index in [2.05, 4.69) is 17.6 Å². The normalized spacial score (nSPS) is 25.0. The highest BCUT2D eigenvalue weighted by Crippen LogP contribution is 2.49. The Hall–Kier alpha value is -2.56. The monoisotopic (exact) mass is 352 g/mol. The Morgan fingerprint density at radius 2 is 1.88 bits per heavy atom. The fourth-order valence-corrected chi connectivity index (χ4v) is 4.61. The quantitative estimate of drug-likeness (QED) is 0.851. The Kier molecular flexibility index (Phi) is 4.53. The minimum Gasteiger partial charge on any atom is -0.459 e. The van der Waals surface area contributed by atoms with E-state index in [0.717, 1.165) is 11.8 Å². The first-order valence-electron chi connectivity index (χ1n) is 9.36. The zero-order valence-electron chi connectivity index (χ0n) is 14.9. The molecule has 136 valence electrons. The largest absolute Gasteiger partial charge is 0.459 e. The van der Waals surface area contributed by atoms with Crippen LogP contribution in [0.3, 0.4) is 0 Å². The van der Waals surface area contributed by atoms with Crippen molar-refractivity contribution in [2.75, 3.05) is 5.32 Å². The van der Waals surface area contributed by atoms with Gasteiger partial charge in [-0.2, -0.15) is 0 Å². The molecule has 4 atom stereocenters. The lowest BCUT2D eigenvalue weighted by molar-refractivity contribution is 0.0915. The first-order valence-corrected chi connectivity index (χ1v) is 9.36. The topological polar surface area (TPSA) is 71.3 Å². The van der Waals surface area contributed by atoms with Gasteiger partial charge in [-0.3, -0.25) is 9.59 Å². The van der Waals surface area contributed by atoms with Gasteiger partial charge in [0.2, 0.25) is 0 Å². The van der Waals surface area contributed by atoms with Crippen LogP contribution in [-0.4, -0.2) is 17.9 Å². The maximum atomic E-state index is 12.5. The van der Waals surface area contributed by atoms with Crippen molar-refractivity contribution in [3.05, 3.63) is 54.0 Å². The second kappa shape index (κ2) is 6.98. The van der Waals surface area contributed by atoms with Crippen LogP contribution >= 0.6 is 0 Å². The SMILES string of the molecule is C[C@H](NC(=O)c1ccc(NC(=O)c2ccco2)cc1)[C@H]1C[C@H]2CC[C@H]1C2. The van der Waals surface area contributed by atoms with Gasteiger partial charge in [-0.25, -0.2) is 0 Å². The average Bonchev–Trinajstić information content (AvgIpc) is 3.39. The van der Waals surface area contributed by atoms with Gasteiger partial charge in [-0.1, -0.05) is 6.42 Å². The van der Waals surface area contributed by atoms with Gasteiger partial charge in [0.25, 0.3) is 11.8 Å². The third kappa shape index (κ3) is 3.39. The van der Waals surface area contributed by atoms with Crippen molar-refractivity contribution in [2.45, 2.75) is 38.6 Å². The first-order chi connectivity index (χ1) is 12.6. The highest BCUT2D eigenvalue weighted by atomic mass is 16.3. The molecule has 2 saturated carbocycles. The zero-order valence-corrected chi connectivity index (χ0v) is 14.9. The van der Waals surface area contributed by atoms with E-state index in [4.69, 9.17) is 4.42 Å². The minimum absolute atomic E-state index is 0.0517. The minimum atomic E-state index is -0.308. The predicted octanol–water partition coefficient (Wildman–Crippen LogP) is 4.09. The summed E-state index contributed by atoms with van der Waals surface area (Å²) < 4.78 is 5.07. The Labute approximate surface area is 153 Å². The summed E-state index contributed by atoms with van der Waals surface area (Å²) in [6.07, 6.45) is 6.74. The van der Waals surface area contributed by atoms with Crippen LogP contribution in [0.5, 0.6) is 0 Å². The van der Waals surface area contributed by atoms with Crippen molar-refractivity contribution in [1.82, 2.24) is 5.32 Å². The number of fused-ring (bicyclic) bond motifs is 2. The number of rotatable bonds is 5. The molecule has 2 aromatic rings. The molecule has 0 aliphatic heterocycles. The van der Waals surface area contributed by atoms with E-state index in [1.165, 1.54) is 31.9 Å². The summed E-state index contributed by atoms with van der Waals surface area (Å²) in [5.41, 5.74) is 1.24. The van der Waals surface area contributed by atoms with Crippen molar-refractivity contribution in [1.29, 1.82) is 0 Å². The van der Waals surface area contributed by atoms with Crippen LogP contribution in [0.15, 0.2) is 47.1 Å². The fourth-order valence-electron chi connectivity index (χ4n) is 4.61. The van der Waals surface area contributed by atoms with Crippen LogP contribution in [0.2, 0.25) is 0 Å². The molecule has 5 nitrogen and oxygen atoms in total. The van der Waals surface area contributed by atoms with Gasteiger partial charge >= 0.3 is 0 Å². The number of carbonyl (C=O) groups excluding carboxylic acids is 2. The number of anilines is 1. The lowest BCUT2D eigenvalue weighted by atomic mass is 9.84. The van der Waals surface area contributed by atoms with Crippen molar-refractivity contribution >= 4 is 17.5 Å². The third-order valence-corrected chi connectivity index (χ3v) is 5.94. The number of hydrogen-bond acceptors (Lipinski definition) is 3. The van der Waals surface area contributed by atoms with Gasteiger partial charge in [-0.15, -0.1) is 0 Å². The van der Waals surface area contributed by atoms with Gasteiger partial charge in [0.15, 0.2) is 5.76 Å². The van der Waals surface area contributed by atoms with Crippen molar-refractivity contribution in [2.24, 2.45) is 17.8 Å². The van der Waals surface area contributed by atoms with Gasteiger partial charge in [0.05, 0.1) is 6.26 Å². The van der Waals surface area contributed by atoms with Crippen molar-refractivity contribution in [3.63, 3.8) is 0 Å². The second-order valence-electron chi connectivity index (χ2n) is 7.61. The van der Waals surface area contributed by atoms with E-state index < -0.39 is 0 Å². The molecule has 1 aromatic heterocycles. The van der Waals surface area contributed by atoms with Gasteiger partial charge in [0, 0.05) is 17.3 Å². The molecule has 2 fully saturated rings. The van der Waals surface area contributed by atoms with Crippen LogP contribution in [0, 0.1) is 17.8 Å². The maximum absolute atomic E-state index is 12.5. The molecule has 5 heteroatoms. The van der Waals surface area contributed by atoms with Gasteiger partial charge in [0.1, 0.15) is 0 Å². The molecule has 26 heavy (non-hydrogen) atoms. The summed E-state index contributed by atoms with van der Waals surface area (Å²) >= 11 is 0. The summed E-state index contributed by atoms with van der Waals surface area (Å²) in [4.78, 5) is 24.5. The number of hydrogen-bond donors (Lipinski definition) is 2. The highest BCUT2D eigenvalue weighted by Gasteiger charge is 2.42. The predicted molar refractivity (Wildman–Crippen MR) is 99.0 cm³/mol. The number of nitrogens with one attached hydrogen (secondary N) is 2. The molecule has 1 heterocycles. The number of benzene rings is 1. The van der Waals surface area contributed by atoms with E-state index in [1.807, 2.05) is 0 Å². The summed E-state index contributed by atoms with van der Waals surface area (Å²) in [6.45, 7) is 2.13. The Morgan fingerprint density at radius 3 is 2.50 bits per heavy atom. The van der Waals surface area contributed by atoms with E-state index >= 15 is 0 Å². The smallest absolute Gasteiger partial charge is 0.291 e. The molecule has 0 saturated heterocycles. The van der Waals surface area contributed by atoms with E-state index in [1.54, 1.807) is 36.4 Å². The average molecular weight is 352 g/mol. The summed E-state index contributed by atoms with van der Waals surface area (Å²) in [6, 6.07) is 10.4. The maximum Gasteiger partial charge on any atom is 0.291 e. The Bertz CT molecular complexity index is 782. The lowest BCUT2D eigenvalue weighted by Gasteiger charge is -2.28. The number of furan rings is 1. The van der Waals surface area contributed by atoms with Crippen molar-refractivity contribution in [3.8, 4) is 0 Å². The number of amides is 2. The molecule has 0 spiro atoms. The van der Waals surface area contributed by atoms with E-state index in [9.17, 15) is 9.59 Å². The van der Waals surface area contributed by atoms with E-state index in [-0.39, 0.29) is 23.6 Å². The first kappa shape index (κ1) is 16.9. The van der Waals surface area contributed by atoms with Crippen LogP contribution < -0.4 is 10.6 Å².